The van der Waals surface area contributed by atoms with E-state index in [9.17, 15) is 4.79 Å². The summed E-state index contributed by atoms with van der Waals surface area (Å²) in [5, 5.41) is 7.82. The van der Waals surface area contributed by atoms with E-state index in [0.717, 1.165) is 24.1 Å². The molecule has 1 aromatic carbocycles. The van der Waals surface area contributed by atoms with Crippen LogP contribution in [0.15, 0.2) is 54.7 Å². The van der Waals surface area contributed by atoms with Crippen molar-refractivity contribution in [1.82, 2.24) is 20.1 Å². The maximum absolute atomic E-state index is 13.2. The number of aromatic nitrogens is 3. The summed E-state index contributed by atoms with van der Waals surface area (Å²) in [7, 11) is 0. The molecule has 132 valence electrons. The standard InChI is InChI=1S/C20H19ClN4O/c1-13(17-7-2-3-10-22-17)25(16-8-9-16)20(26)19-12-18(23-24-19)14-5-4-6-15(21)11-14/h2-7,10-13,16H,8-9H2,1H3,(H,23,24). The maximum Gasteiger partial charge on any atom is 0.272 e. The molecule has 5 nitrogen and oxygen atoms in total. The second-order valence-corrected chi connectivity index (χ2v) is 6.99. The fourth-order valence-corrected chi connectivity index (χ4v) is 3.33. The lowest BCUT2D eigenvalue weighted by molar-refractivity contribution is 0.0664. The number of rotatable bonds is 5. The SMILES string of the molecule is CC(c1ccccn1)N(C(=O)c1cc(-c2cccc(Cl)c2)n[nH]1)C1CC1. The summed E-state index contributed by atoms with van der Waals surface area (Å²) in [5.74, 6) is -0.0496. The highest BCUT2D eigenvalue weighted by Crippen LogP contribution is 2.35. The molecule has 0 aliphatic heterocycles. The van der Waals surface area contributed by atoms with Crippen molar-refractivity contribution in [3.8, 4) is 11.3 Å². The first-order valence-corrected chi connectivity index (χ1v) is 9.06. The molecule has 3 aromatic rings. The average molecular weight is 367 g/mol. The van der Waals surface area contributed by atoms with Crippen molar-refractivity contribution in [2.45, 2.75) is 31.8 Å². The van der Waals surface area contributed by atoms with Crippen molar-refractivity contribution in [2.75, 3.05) is 0 Å². The van der Waals surface area contributed by atoms with Crippen LogP contribution in [0, 0.1) is 0 Å². The zero-order valence-electron chi connectivity index (χ0n) is 14.4. The van der Waals surface area contributed by atoms with Gasteiger partial charge in [-0.1, -0.05) is 29.8 Å². The van der Waals surface area contributed by atoms with Gasteiger partial charge >= 0.3 is 0 Å². The smallest absolute Gasteiger partial charge is 0.272 e. The zero-order valence-corrected chi connectivity index (χ0v) is 15.1. The van der Waals surface area contributed by atoms with Gasteiger partial charge in [-0.2, -0.15) is 5.10 Å². The number of halogens is 1. The molecule has 4 rings (SSSR count). The summed E-state index contributed by atoms with van der Waals surface area (Å²) in [6.45, 7) is 2.02. The van der Waals surface area contributed by atoms with E-state index in [1.165, 1.54) is 0 Å². The van der Waals surface area contributed by atoms with Crippen LogP contribution in [0.3, 0.4) is 0 Å². The van der Waals surface area contributed by atoms with Crippen LogP contribution in [-0.2, 0) is 0 Å². The first kappa shape index (κ1) is 16.8. The molecule has 1 fully saturated rings. The molecule has 0 radical (unpaired) electrons. The second-order valence-electron chi connectivity index (χ2n) is 6.55. The zero-order chi connectivity index (χ0) is 18.1. The summed E-state index contributed by atoms with van der Waals surface area (Å²) < 4.78 is 0. The number of carbonyl (C=O) groups excluding carboxylic acids is 1. The van der Waals surface area contributed by atoms with E-state index >= 15 is 0 Å². The van der Waals surface area contributed by atoms with Gasteiger partial charge in [-0.15, -0.1) is 0 Å². The number of aromatic amines is 1. The molecule has 1 amide bonds. The van der Waals surface area contributed by atoms with Crippen molar-refractivity contribution < 1.29 is 4.79 Å². The molecule has 6 heteroatoms. The van der Waals surface area contributed by atoms with Gasteiger partial charge in [0.15, 0.2) is 0 Å². The Balaban J connectivity index is 1.61. The van der Waals surface area contributed by atoms with E-state index in [1.807, 2.05) is 54.3 Å². The van der Waals surface area contributed by atoms with Crippen LogP contribution in [0.5, 0.6) is 0 Å². The Hall–Kier alpha value is -2.66. The van der Waals surface area contributed by atoms with E-state index in [1.54, 1.807) is 12.3 Å². The van der Waals surface area contributed by atoms with Crippen molar-refractivity contribution in [3.05, 3.63) is 71.1 Å². The highest BCUT2D eigenvalue weighted by molar-refractivity contribution is 6.30. The molecule has 1 atom stereocenters. The minimum Gasteiger partial charge on any atom is -0.326 e. The Morgan fingerprint density at radius 2 is 2.08 bits per heavy atom. The molecule has 1 N–H and O–H groups in total. The van der Waals surface area contributed by atoms with Gasteiger partial charge in [-0.05, 0) is 50.1 Å². The topological polar surface area (TPSA) is 61.9 Å². The molecule has 26 heavy (non-hydrogen) atoms. The molecular weight excluding hydrogens is 348 g/mol. The summed E-state index contributed by atoms with van der Waals surface area (Å²) in [6.07, 6.45) is 3.81. The lowest BCUT2D eigenvalue weighted by Crippen LogP contribution is -2.36. The monoisotopic (exact) mass is 366 g/mol. The van der Waals surface area contributed by atoms with Crippen LogP contribution in [0.25, 0.3) is 11.3 Å². The van der Waals surface area contributed by atoms with Crippen LogP contribution in [0.2, 0.25) is 5.02 Å². The number of hydrogen-bond acceptors (Lipinski definition) is 3. The molecule has 0 saturated heterocycles. The largest absolute Gasteiger partial charge is 0.326 e. The van der Waals surface area contributed by atoms with Gasteiger partial charge < -0.3 is 4.90 Å². The van der Waals surface area contributed by atoms with Gasteiger partial charge in [0.2, 0.25) is 0 Å². The fraction of sp³-hybridized carbons (Fsp3) is 0.250. The molecule has 2 aromatic heterocycles. The molecule has 0 spiro atoms. The van der Waals surface area contributed by atoms with Gasteiger partial charge in [-0.3, -0.25) is 14.9 Å². The van der Waals surface area contributed by atoms with Crippen LogP contribution < -0.4 is 0 Å². The number of nitrogens with one attached hydrogen (secondary N) is 1. The predicted molar refractivity (Wildman–Crippen MR) is 101 cm³/mol. The fourth-order valence-electron chi connectivity index (χ4n) is 3.14. The van der Waals surface area contributed by atoms with Crippen molar-refractivity contribution in [1.29, 1.82) is 0 Å². The summed E-state index contributed by atoms with van der Waals surface area (Å²) in [6, 6.07) is 15.2. The lowest BCUT2D eigenvalue weighted by Gasteiger charge is -2.28. The lowest BCUT2D eigenvalue weighted by atomic mass is 10.1. The third-order valence-corrected chi connectivity index (χ3v) is 4.87. The number of pyridine rings is 1. The van der Waals surface area contributed by atoms with Gasteiger partial charge in [0.1, 0.15) is 5.69 Å². The molecular formula is C20H19ClN4O. The van der Waals surface area contributed by atoms with Gasteiger partial charge in [0.25, 0.3) is 5.91 Å². The van der Waals surface area contributed by atoms with E-state index in [-0.39, 0.29) is 18.0 Å². The third kappa shape index (κ3) is 3.35. The van der Waals surface area contributed by atoms with Crippen molar-refractivity contribution >= 4 is 17.5 Å². The van der Waals surface area contributed by atoms with Gasteiger partial charge in [-0.25, -0.2) is 0 Å². The van der Waals surface area contributed by atoms with E-state index in [4.69, 9.17) is 11.6 Å². The van der Waals surface area contributed by atoms with Crippen molar-refractivity contribution in [3.63, 3.8) is 0 Å². The minimum absolute atomic E-state index is 0.0496. The van der Waals surface area contributed by atoms with Gasteiger partial charge in [0, 0.05) is 22.8 Å². The molecule has 1 aliphatic rings. The Labute approximate surface area is 157 Å². The first-order chi connectivity index (χ1) is 12.6. The van der Waals surface area contributed by atoms with Crippen molar-refractivity contribution in [2.24, 2.45) is 0 Å². The Kier molecular flexibility index (Phi) is 4.47. The third-order valence-electron chi connectivity index (χ3n) is 4.64. The number of H-pyrrole nitrogens is 1. The van der Waals surface area contributed by atoms with E-state index in [0.29, 0.717) is 16.4 Å². The Morgan fingerprint density at radius 3 is 2.77 bits per heavy atom. The van der Waals surface area contributed by atoms with Crippen LogP contribution in [-0.4, -0.2) is 32.0 Å². The number of hydrogen-bond donors (Lipinski definition) is 1. The second kappa shape index (κ2) is 6.92. The molecule has 2 heterocycles. The molecule has 1 saturated carbocycles. The highest BCUT2D eigenvalue weighted by Gasteiger charge is 2.37. The average Bonchev–Trinajstić information content (AvgIpc) is 3.36. The van der Waals surface area contributed by atoms with E-state index in [2.05, 4.69) is 15.2 Å². The summed E-state index contributed by atoms with van der Waals surface area (Å²) in [4.78, 5) is 19.5. The summed E-state index contributed by atoms with van der Waals surface area (Å²) in [5.41, 5.74) is 2.96. The van der Waals surface area contributed by atoms with E-state index < -0.39 is 0 Å². The van der Waals surface area contributed by atoms with Crippen LogP contribution >= 0.6 is 11.6 Å². The molecule has 0 bridgehead atoms. The molecule has 1 unspecified atom stereocenters. The number of nitrogens with zero attached hydrogens (tertiary/aromatic N) is 3. The van der Waals surface area contributed by atoms with Crippen LogP contribution in [0.4, 0.5) is 0 Å². The maximum atomic E-state index is 13.2. The van der Waals surface area contributed by atoms with Crippen LogP contribution in [0.1, 0.15) is 42.0 Å². The number of benzene rings is 1. The Morgan fingerprint density at radius 1 is 1.23 bits per heavy atom. The molecule has 1 aliphatic carbocycles. The summed E-state index contributed by atoms with van der Waals surface area (Å²) >= 11 is 6.05. The number of carbonyl (C=O) groups is 1. The quantitative estimate of drug-likeness (QED) is 0.723. The highest BCUT2D eigenvalue weighted by atomic mass is 35.5. The predicted octanol–water partition coefficient (Wildman–Crippen LogP) is 4.49. The minimum atomic E-state index is -0.0888. The number of amides is 1. The van der Waals surface area contributed by atoms with Gasteiger partial charge in [0.05, 0.1) is 17.4 Å². The first-order valence-electron chi connectivity index (χ1n) is 8.68. The Bertz CT molecular complexity index is 920. The normalized spacial score (nSPS) is 14.8.